The van der Waals surface area contributed by atoms with Crippen LogP contribution in [0.2, 0.25) is 0 Å². The van der Waals surface area contributed by atoms with Crippen molar-refractivity contribution in [2.24, 2.45) is 5.92 Å². The summed E-state index contributed by atoms with van der Waals surface area (Å²) in [4.78, 5) is 26.3. The van der Waals surface area contributed by atoms with Crippen molar-refractivity contribution in [1.82, 2.24) is 4.90 Å². The van der Waals surface area contributed by atoms with Gasteiger partial charge in [-0.25, -0.2) is 0 Å². The van der Waals surface area contributed by atoms with Gasteiger partial charge in [0.05, 0.1) is 24.4 Å². The van der Waals surface area contributed by atoms with Crippen molar-refractivity contribution in [1.29, 1.82) is 0 Å². The van der Waals surface area contributed by atoms with Gasteiger partial charge in [-0.1, -0.05) is 6.92 Å². The average Bonchev–Trinajstić information content (AvgIpc) is 2.57. The highest BCUT2D eigenvalue weighted by atomic mass is 16.5. The number of nitrogen functional groups attached to an aromatic ring is 1. The van der Waals surface area contributed by atoms with Crippen LogP contribution in [0.15, 0.2) is 18.2 Å². The molecule has 126 valence electrons. The zero-order chi connectivity index (χ0) is 16.8. The number of nitrogens with zero attached hydrogens (tertiary/aromatic N) is 1. The van der Waals surface area contributed by atoms with Crippen molar-refractivity contribution < 1.29 is 14.3 Å². The van der Waals surface area contributed by atoms with Crippen LogP contribution < -0.4 is 15.8 Å². The highest BCUT2D eigenvalue weighted by molar-refractivity contribution is 5.96. The number of anilines is 2. The lowest BCUT2D eigenvalue weighted by atomic mass is 9.96. The van der Waals surface area contributed by atoms with Gasteiger partial charge < -0.3 is 20.7 Å². The van der Waals surface area contributed by atoms with Crippen molar-refractivity contribution in [3.63, 3.8) is 0 Å². The summed E-state index contributed by atoms with van der Waals surface area (Å²) in [7, 11) is 1.56. The first kappa shape index (κ1) is 17.1. The van der Waals surface area contributed by atoms with E-state index in [1.807, 2.05) is 6.92 Å². The SMILES string of the molecule is CCCC(=O)N1CCCC(C(=O)Nc2cc(OC)ccc2N)C1. The minimum atomic E-state index is -0.199. The molecule has 0 radical (unpaired) electrons. The zero-order valence-electron chi connectivity index (χ0n) is 13.8. The van der Waals surface area contributed by atoms with E-state index in [1.165, 1.54) is 0 Å². The number of carbonyl (C=O) groups excluding carboxylic acids is 2. The zero-order valence-corrected chi connectivity index (χ0v) is 13.8. The topological polar surface area (TPSA) is 84.7 Å². The predicted molar refractivity (Wildman–Crippen MR) is 90.2 cm³/mol. The average molecular weight is 319 g/mol. The Labute approximate surface area is 137 Å². The first-order chi connectivity index (χ1) is 11.0. The third-order valence-electron chi connectivity index (χ3n) is 4.13. The molecule has 0 bridgehead atoms. The minimum absolute atomic E-state index is 0.0982. The normalized spacial score (nSPS) is 17.7. The van der Waals surface area contributed by atoms with E-state index in [0.717, 1.165) is 25.8 Å². The fourth-order valence-electron chi connectivity index (χ4n) is 2.80. The number of piperidine rings is 1. The summed E-state index contributed by atoms with van der Waals surface area (Å²) in [5.74, 6) is 0.470. The molecule has 1 aliphatic rings. The van der Waals surface area contributed by atoms with Crippen molar-refractivity contribution in [3.8, 4) is 5.75 Å². The number of methoxy groups -OCH3 is 1. The predicted octanol–water partition coefficient (Wildman–Crippen LogP) is 2.25. The maximum absolute atomic E-state index is 12.5. The van der Waals surface area contributed by atoms with E-state index in [9.17, 15) is 9.59 Å². The summed E-state index contributed by atoms with van der Waals surface area (Å²) in [6.45, 7) is 3.20. The molecular weight excluding hydrogens is 294 g/mol. The van der Waals surface area contributed by atoms with Gasteiger partial charge in [0.25, 0.3) is 0 Å². The summed E-state index contributed by atoms with van der Waals surface area (Å²) in [5, 5.41) is 2.86. The molecule has 23 heavy (non-hydrogen) atoms. The molecule has 1 aromatic carbocycles. The molecule has 0 aromatic heterocycles. The fourth-order valence-corrected chi connectivity index (χ4v) is 2.80. The van der Waals surface area contributed by atoms with Gasteiger partial charge >= 0.3 is 0 Å². The summed E-state index contributed by atoms with van der Waals surface area (Å²) < 4.78 is 5.15. The van der Waals surface area contributed by atoms with Gasteiger partial charge in [-0.3, -0.25) is 9.59 Å². The molecule has 1 heterocycles. The van der Waals surface area contributed by atoms with Gasteiger partial charge in [0, 0.05) is 25.6 Å². The van der Waals surface area contributed by atoms with E-state index in [-0.39, 0.29) is 17.7 Å². The molecule has 1 saturated heterocycles. The standard InChI is InChI=1S/C17H25N3O3/c1-3-5-16(21)20-9-4-6-12(11-20)17(22)19-15-10-13(23-2)7-8-14(15)18/h7-8,10,12H,3-6,9,11,18H2,1-2H3,(H,19,22). The van der Waals surface area contributed by atoms with Crippen LogP contribution >= 0.6 is 0 Å². The summed E-state index contributed by atoms with van der Waals surface area (Å²) in [6, 6.07) is 5.15. The van der Waals surface area contributed by atoms with Crippen molar-refractivity contribution in [3.05, 3.63) is 18.2 Å². The van der Waals surface area contributed by atoms with Crippen LogP contribution in [-0.4, -0.2) is 36.9 Å². The quantitative estimate of drug-likeness (QED) is 0.815. The summed E-state index contributed by atoms with van der Waals surface area (Å²) >= 11 is 0. The highest BCUT2D eigenvalue weighted by Gasteiger charge is 2.28. The van der Waals surface area contributed by atoms with Crippen LogP contribution in [0, 0.1) is 5.92 Å². The number of ether oxygens (including phenoxy) is 1. The maximum atomic E-state index is 12.5. The lowest BCUT2D eigenvalue weighted by molar-refractivity contribution is -0.134. The Morgan fingerprint density at radius 2 is 2.22 bits per heavy atom. The van der Waals surface area contributed by atoms with Crippen LogP contribution in [0.3, 0.4) is 0 Å². The van der Waals surface area contributed by atoms with E-state index in [1.54, 1.807) is 30.2 Å². The molecule has 1 fully saturated rings. The van der Waals surface area contributed by atoms with E-state index in [0.29, 0.717) is 30.1 Å². The van der Waals surface area contributed by atoms with Gasteiger partial charge in [-0.2, -0.15) is 0 Å². The Balaban J connectivity index is 2.01. The molecule has 1 aliphatic heterocycles. The Morgan fingerprint density at radius 3 is 2.91 bits per heavy atom. The second-order valence-corrected chi connectivity index (χ2v) is 5.87. The lowest BCUT2D eigenvalue weighted by Crippen LogP contribution is -2.43. The number of hydrogen-bond donors (Lipinski definition) is 2. The largest absolute Gasteiger partial charge is 0.497 e. The molecule has 0 aliphatic carbocycles. The number of hydrogen-bond acceptors (Lipinski definition) is 4. The van der Waals surface area contributed by atoms with Crippen LogP contribution in [-0.2, 0) is 9.59 Å². The van der Waals surface area contributed by atoms with Gasteiger partial charge in [0.2, 0.25) is 11.8 Å². The monoisotopic (exact) mass is 319 g/mol. The third kappa shape index (κ3) is 4.37. The summed E-state index contributed by atoms with van der Waals surface area (Å²) in [6.07, 6.45) is 3.00. The van der Waals surface area contributed by atoms with Gasteiger partial charge in [0.15, 0.2) is 0 Å². The molecule has 1 aromatic rings. The number of benzene rings is 1. The molecular formula is C17H25N3O3. The number of nitrogens with two attached hydrogens (primary N) is 1. The smallest absolute Gasteiger partial charge is 0.229 e. The summed E-state index contributed by atoms with van der Waals surface area (Å²) in [5.41, 5.74) is 6.94. The van der Waals surface area contributed by atoms with Crippen LogP contribution in [0.4, 0.5) is 11.4 Å². The van der Waals surface area contributed by atoms with Crippen LogP contribution in [0.5, 0.6) is 5.75 Å². The Kier molecular flexibility index (Phi) is 5.84. The molecule has 1 unspecified atom stereocenters. The second kappa shape index (κ2) is 7.85. The first-order valence-electron chi connectivity index (χ1n) is 8.07. The highest BCUT2D eigenvalue weighted by Crippen LogP contribution is 2.26. The fraction of sp³-hybridized carbons (Fsp3) is 0.529. The molecule has 0 saturated carbocycles. The molecule has 1 atom stereocenters. The Bertz CT molecular complexity index is 574. The van der Waals surface area contributed by atoms with Crippen LogP contribution in [0.25, 0.3) is 0 Å². The Hall–Kier alpha value is -2.24. The molecule has 2 amide bonds. The molecule has 0 spiro atoms. The molecule has 6 heteroatoms. The van der Waals surface area contributed by atoms with Crippen molar-refractivity contribution in [2.75, 3.05) is 31.2 Å². The Morgan fingerprint density at radius 1 is 1.43 bits per heavy atom. The van der Waals surface area contributed by atoms with E-state index in [2.05, 4.69) is 5.32 Å². The second-order valence-electron chi connectivity index (χ2n) is 5.87. The minimum Gasteiger partial charge on any atom is -0.497 e. The lowest BCUT2D eigenvalue weighted by Gasteiger charge is -2.32. The first-order valence-corrected chi connectivity index (χ1v) is 8.07. The van der Waals surface area contributed by atoms with Gasteiger partial charge in [-0.05, 0) is 31.4 Å². The molecule has 3 N–H and O–H groups in total. The van der Waals surface area contributed by atoms with Crippen molar-refractivity contribution in [2.45, 2.75) is 32.6 Å². The van der Waals surface area contributed by atoms with Gasteiger partial charge in [0.1, 0.15) is 5.75 Å². The molecule has 6 nitrogen and oxygen atoms in total. The number of rotatable bonds is 5. The number of amides is 2. The third-order valence-corrected chi connectivity index (χ3v) is 4.13. The van der Waals surface area contributed by atoms with Crippen LogP contribution in [0.1, 0.15) is 32.6 Å². The van der Waals surface area contributed by atoms with E-state index < -0.39 is 0 Å². The van der Waals surface area contributed by atoms with Crippen molar-refractivity contribution >= 4 is 23.2 Å². The number of likely N-dealkylation sites (tertiary alicyclic amines) is 1. The van der Waals surface area contributed by atoms with E-state index in [4.69, 9.17) is 10.5 Å². The number of nitrogens with one attached hydrogen (secondary N) is 1. The van der Waals surface area contributed by atoms with Gasteiger partial charge in [-0.15, -0.1) is 0 Å². The van der Waals surface area contributed by atoms with E-state index >= 15 is 0 Å². The molecule has 2 rings (SSSR count). The number of carbonyl (C=O) groups is 2. The maximum Gasteiger partial charge on any atom is 0.229 e.